The van der Waals surface area contributed by atoms with Crippen LogP contribution in [-0.2, 0) is 0 Å². The van der Waals surface area contributed by atoms with Crippen LogP contribution < -0.4 is 0 Å². The van der Waals surface area contributed by atoms with Crippen LogP contribution in [0.5, 0.6) is 0 Å². The average molecular weight is 253 g/mol. The highest BCUT2D eigenvalue weighted by molar-refractivity contribution is 9.10. The first-order valence-corrected chi connectivity index (χ1v) is 5.18. The first kappa shape index (κ1) is 9.40. The van der Waals surface area contributed by atoms with Crippen LogP contribution >= 0.6 is 15.9 Å². The van der Waals surface area contributed by atoms with E-state index in [1.165, 1.54) is 0 Å². The number of aromatic nitrogens is 2. The second-order valence-electron chi connectivity index (χ2n) is 2.96. The lowest BCUT2D eigenvalue weighted by Crippen LogP contribution is -2.04. The van der Waals surface area contributed by atoms with E-state index in [9.17, 15) is 4.79 Å². The number of pyridine rings is 1. The third-order valence-corrected chi connectivity index (χ3v) is 2.73. The zero-order valence-corrected chi connectivity index (χ0v) is 9.28. The summed E-state index contributed by atoms with van der Waals surface area (Å²) in [7, 11) is 0. The van der Waals surface area contributed by atoms with Crippen LogP contribution in [0.25, 0.3) is 5.65 Å². The molecule has 2 heterocycles. The molecule has 0 aliphatic heterocycles. The number of halogens is 1. The van der Waals surface area contributed by atoms with Crippen LogP contribution in [0.4, 0.5) is 0 Å². The van der Waals surface area contributed by atoms with Crippen molar-refractivity contribution in [3.05, 3.63) is 34.7 Å². The summed E-state index contributed by atoms with van der Waals surface area (Å²) in [6.45, 7) is 1.85. The van der Waals surface area contributed by atoms with Crippen molar-refractivity contribution in [1.82, 2.24) is 9.38 Å². The summed E-state index contributed by atoms with van der Waals surface area (Å²) in [5, 5.41) is 0. The quantitative estimate of drug-likeness (QED) is 0.771. The van der Waals surface area contributed by atoms with E-state index in [0.717, 1.165) is 10.1 Å². The van der Waals surface area contributed by atoms with Gasteiger partial charge in [-0.3, -0.25) is 9.20 Å². The molecule has 0 bridgehead atoms. The van der Waals surface area contributed by atoms with Crippen molar-refractivity contribution in [2.75, 3.05) is 0 Å². The van der Waals surface area contributed by atoms with Crippen LogP contribution in [0, 0.1) is 0 Å². The van der Waals surface area contributed by atoms with E-state index >= 15 is 0 Å². The molecular weight excluding hydrogens is 244 g/mol. The van der Waals surface area contributed by atoms with E-state index in [1.807, 2.05) is 19.1 Å². The summed E-state index contributed by atoms with van der Waals surface area (Å²) < 4.78 is 2.70. The molecule has 2 aromatic heterocycles. The van der Waals surface area contributed by atoms with Crippen molar-refractivity contribution in [2.24, 2.45) is 0 Å². The number of imidazole rings is 1. The fourth-order valence-corrected chi connectivity index (χ4v) is 1.82. The second kappa shape index (κ2) is 3.53. The van der Waals surface area contributed by atoms with Gasteiger partial charge in [0.15, 0.2) is 11.4 Å². The van der Waals surface area contributed by atoms with Crippen molar-refractivity contribution in [2.45, 2.75) is 13.3 Å². The standard InChI is InChI=1S/C10H9BrN2O/c1-2-9(14)8-4-3-7(11)10-12-5-6-13(8)10/h3-6H,2H2,1H3. The number of carbonyl (C=O) groups is 1. The van der Waals surface area contributed by atoms with Gasteiger partial charge in [-0.05, 0) is 28.1 Å². The summed E-state index contributed by atoms with van der Waals surface area (Å²) in [6, 6.07) is 3.66. The third kappa shape index (κ3) is 1.35. The molecule has 0 saturated heterocycles. The summed E-state index contributed by atoms with van der Waals surface area (Å²) in [6.07, 6.45) is 3.99. The summed E-state index contributed by atoms with van der Waals surface area (Å²) in [5.74, 6) is 0.125. The molecule has 0 aromatic carbocycles. The molecule has 2 aromatic rings. The number of fused-ring (bicyclic) bond motifs is 1. The van der Waals surface area contributed by atoms with Gasteiger partial charge < -0.3 is 0 Å². The normalized spacial score (nSPS) is 10.7. The molecular formula is C10H9BrN2O. The van der Waals surface area contributed by atoms with E-state index in [-0.39, 0.29) is 5.78 Å². The molecule has 0 unspecified atom stereocenters. The van der Waals surface area contributed by atoms with E-state index < -0.39 is 0 Å². The third-order valence-electron chi connectivity index (χ3n) is 2.11. The van der Waals surface area contributed by atoms with Crippen molar-refractivity contribution in [3.63, 3.8) is 0 Å². The number of hydrogen-bond donors (Lipinski definition) is 0. The first-order chi connectivity index (χ1) is 6.74. The molecule has 3 nitrogen and oxygen atoms in total. The Balaban J connectivity index is 2.72. The monoisotopic (exact) mass is 252 g/mol. The maximum absolute atomic E-state index is 11.6. The number of nitrogens with zero attached hydrogens (tertiary/aromatic N) is 2. The van der Waals surface area contributed by atoms with Crippen molar-refractivity contribution in [3.8, 4) is 0 Å². The number of carbonyl (C=O) groups excluding carboxylic acids is 1. The van der Waals surface area contributed by atoms with E-state index in [0.29, 0.717) is 12.1 Å². The predicted octanol–water partition coefficient (Wildman–Crippen LogP) is 2.69. The number of rotatable bonds is 2. The Labute approximate surface area is 89.9 Å². The summed E-state index contributed by atoms with van der Waals surface area (Å²) >= 11 is 3.39. The van der Waals surface area contributed by atoms with Gasteiger partial charge >= 0.3 is 0 Å². The van der Waals surface area contributed by atoms with E-state index in [1.54, 1.807) is 16.8 Å². The molecule has 0 spiro atoms. The zero-order chi connectivity index (χ0) is 10.1. The van der Waals surface area contributed by atoms with Crippen LogP contribution in [0.3, 0.4) is 0 Å². The average Bonchev–Trinajstić information content (AvgIpc) is 2.67. The fraction of sp³-hybridized carbons (Fsp3) is 0.200. The van der Waals surface area contributed by atoms with Gasteiger partial charge in [-0.2, -0.15) is 0 Å². The minimum absolute atomic E-state index is 0.125. The molecule has 0 N–H and O–H groups in total. The molecule has 14 heavy (non-hydrogen) atoms. The van der Waals surface area contributed by atoms with Crippen LogP contribution in [0.1, 0.15) is 23.8 Å². The zero-order valence-electron chi connectivity index (χ0n) is 7.70. The largest absolute Gasteiger partial charge is 0.296 e. The van der Waals surface area contributed by atoms with Gasteiger partial charge in [0.2, 0.25) is 0 Å². The van der Waals surface area contributed by atoms with Gasteiger partial charge in [0, 0.05) is 18.8 Å². The molecule has 0 aliphatic carbocycles. The molecule has 4 heteroatoms. The molecule has 2 rings (SSSR count). The Bertz CT molecular complexity index is 490. The van der Waals surface area contributed by atoms with Crippen LogP contribution in [0.15, 0.2) is 29.0 Å². The van der Waals surface area contributed by atoms with Crippen molar-refractivity contribution in [1.29, 1.82) is 0 Å². The molecule has 72 valence electrons. The molecule has 0 radical (unpaired) electrons. The number of Topliss-reactive ketones (excluding diaryl/α,β-unsaturated/α-hetero) is 1. The Morgan fingerprint density at radius 1 is 1.57 bits per heavy atom. The highest BCUT2D eigenvalue weighted by Gasteiger charge is 2.09. The van der Waals surface area contributed by atoms with Gasteiger partial charge in [-0.25, -0.2) is 4.98 Å². The Kier molecular flexibility index (Phi) is 2.37. The predicted molar refractivity (Wildman–Crippen MR) is 57.5 cm³/mol. The molecule has 0 saturated carbocycles. The lowest BCUT2D eigenvalue weighted by molar-refractivity contribution is 0.0982. The van der Waals surface area contributed by atoms with Crippen molar-refractivity contribution < 1.29 is 4.79 Å². The van der Waals surface area contributed by atoms with Crippen LogP contribution in [-0.4, -0.2) is 15.2 Å². The maximum Gasteiger partial charge on any atom is 0.179 e. The number of ketones is 1. The lowest BCUT2D eigenvalue weighted by atomic mass is 10.2. The van der Waals surface area contributed by atoms with Gasteiger partial charge in [0.1, 0.15) is 0 Å². The van der Waals surface area contributed by atoms with Crippen LogP contribution in [0.2, 0.25) is 0 Å². The molecule has 0 fully saturated rings. The molecule has 0 aliphatic rings. The SMILES string of the molecule is CCC(=O)c1ccc(Br)c2nccn12. The summed E-state index contributed by atoms with van der Waals surface area (Å²) in [4.78, 5) is 15.7. The molecule has 0 atom stereocenters. The van der Waals surface area contributed by atoms with Gasteiger partial charge in [0.05, 0.1) is 10.2 Å². The minimum Gasteiger partial charge on any atom is -0.296 e. The lowest BCUT2D eigenvalue weighted by Gasteiger charge is -2.03. The topological polar surface area (TPSA) is 34.4 Å². The molecule has 0 amide bonds. The van der Waals surface area contributed by atoms with E-state index in [2.05, 4.69) is 20.9 Å². The van der Waals surface area contributed by atoms with Gasteiger partial charge in [-0.1, -0.05) is 6.92 Å². The van der Waals surface area contributed by atoms with Gasteiger partial charge in [0.25, 0.3) is 0 Å². The maximum atomic E-state index is 11.6. The summed E-state index contributed by atoms with van der Waals surface area (Å²) in [5.41, 5.74) is 1.47. The highest BCUT2D eigenvalue weighted by atomic mass is 79.9. The van der Waals surface area contributed by atoms with E-state index in [4.69, 9.17) is 0 Å². The van der Waals surface area contributed by atoms with Crippen molar-refractivity contribution >= 4 is 27.4 Å². The van der Waals surface area contributed by atoms with Gasteiger partial charge in [-0.15, -0.1) is 0 Å². The minimum atomic E-state index is 0.125. The highest BCUT2D eigenvalue weighted by Crippen LogP contribution is 2.18. The smallest absolute Gasteiger partial charge is 0.179 e. The Morgan fingerprint density at radius 2 is 2.36 bits per heavy atom. The Morgan fingerprint density at radius 3 is 3.07 bits per heavy atom. The number of hydrogen-bond acceptors (Lipinski definition) is 2. The Hall–Kier alpha value is -1.16. The first-order valence-electron chi connectivity index (χ1n) is 4.39. The second-order valence-corrected chi connectivity index (χ2v) is 3.82. The fourth-order valence-electron chi connectivity index (χ4n) is 1.39.